The lowest BCUT2D eigenvalue weighted by molar-refractivity contribution is -0.0181. The smallest absolute Gasteiger partial charge is 0.277 e. The second-order valence-electron chi connectivity index (χ2n) is 6.68. The van der Waals surface area contributed by atoms with Crippen molar-refractivity contribution in [2.75, 3.05) is 11.9 Å². The maximum absolute atomic E-state index is 14.5. The molecule has 2 aromatic rings. The van der Waals surface area contributed by atoms with E-state index in [1.54, 1.807) is 6.07 Å². The first-order valence-electron chi connectivity index (χ1n) is 8.59. The van der Waals surface area contributed by atoms with Crippen LogP contribution in [0.1, 0.15) is 30.6 Å². The van der Waals surface area contributed by atoms with Crippen molar-refractivity contribution in [1.82, 2.24) is 5.48 Å². The van der Waals surface area contributed by atoms with Gasteiger partial charge in [-0.3, -0.25) is 9.63 Å². The SMILES string of the molecule is CC(C)CC(O)CONC(=O)c1cc(Cl)c(F)c(F)c1Nc1ccc(I)cc1F. The molecule has 1 atom stereocenters. The molecule has 10 heteroatoms. The highest BCUT2D eigenvalue weighted by atomic mass is 127. The highest BCUT2D eigenvalue weighted by Gasteiger charge is 2.23. The summed E-state index contributed by atoms with van der Waals surface area (Å²) in [6.07, 6.45) is -0.367. The van der Waals surface area contributed by atoms with Crippen molar-refractivity contribution >= 4 is 51.5 Å². The molecule has 0 saturated heterocycles. The number of anilines is 2. The lowest BCUT2D eigenvalue weighted by Gasteiger charge is -2.16. The van der Waals surface area contributed by atoms with E-state index in [1.165, 1.54) is 12.1 Å². The van der Waals surface area contributed by atoms with Gasteiger partial charge in [0.2, 0.25) is 0 Å². The van der Waals surface area contributed by atoms with Gasteiger partial charge in [0.1, 0.15) is 12.4 Å². The van der Waals surface area contributed by atoms with Crippen LogP contribution >= 0.6 is 34.2 Å². The van der Waals surface area contributed by atoms with Crippen molar-refractivity contribution in [2.24, 2.45) is 5.92 Å². The van der Waals surface area contributed by atoms with Gasteiger partial charge < -0.3 is 10.4 Å². The van der Waals surface area contributed by atoms with Crippen LogP contribution in [0.4, 0.5) is 24.5 Å². The molecular formula is C19H19ClF3IN2O3. The Balaban J connectivity index is 2.25. The quantitative estimate of drug-likeness (QED) is 0.244. The molecular weight excluding hydrogens is 524 g/mol. The molecule has 2 rings (SSSR count). The Bertz CT molecular complexity index is 899. The van der Waals surface area contributed by atoms with Gasteiger partial charge in [0.25, 0.3) is 5.91 Å². The molecule has 3 N–H and O–H groups in total. The minimum absolute atomic E-state index is 0.159. The number of hydrogen-bond donors (Lipinski definition) is 3. The number of nitrogens with one attached hydrogen (secondary N) is 2. The summed E-state index contributed by atoms with van der Waals surface area (Å²) in [5.41, 5.74) is 0.887. The van der Waals surface area contributed by atoms with E-state index in [9.17, 15) is 23.1 Å². The number of aliphatic hydroxyl groups is 1. The standard InChI is InChI=1S/C19H19ClF3IN2O3/c1-9(2)5-11(27)8-29-26-19(28)12-7-13(20)16(22)17(23)18(12)25-15-4-3-10(24)6-14(15)21/h3-4,6-7,9,11,25,27H,5,8H2,1-2H3,(H,26,28). The van der Waals surface area contributed by atoms with E-state index < -0.39 is 45.7 Å². The van der Waals surface area contributed by atoms with Gasteiger partial charge in [-0.05, 0) is 59.2 Å². The third-order valence-electron chi connectivity index (χ3n) is 3.78. The fraction of sp³-hybridized carbons (Fsp3) is 0.316. The average Bonchev–Trinajstić information content (AvgIpc) is 2.63. The lowest BCUT2D eigenvalue weighted by Crippen LogP contribution is -2.29. The molecule has 2 aromatic carbocycles. The molecule has 0 heterocycles. The van der Waals surface area contributed by atoms with Crippen molar-refractivity contribution in [3.63, 3.8) is 0 Å². The highest BCUT2D eigenvalue weighted by Crippen LogP contribution is 2.32. The number of benzene rings is 2. The van der Waals surface area contributed by atoms with Crippen LogP contribution in [0.15, 0.2) is 24.3 Å². The number of carbonyl (C=O) groups is 1. The third-order valence-corrected chi connectivity index (χ3v) is 4.73. The van der Waals surface area contributed by atoms with Crippen LogP contribution in [0.2, 0.25) is 5.02 Å². The summed E-state index contributed by atoms with van der Waals surface area (Å²) in [6, 6.07) is 4.96. The number of hydrogen-bond acceptors (Lipinski definition) is 4. The van der Waals surface area contributed by atoms with Gasteiger partial charge in [-0.2, -0.15) is 0 Å². The third kappa shape index (κ3) is 6.46. The van der Waals surface area contributed by atoms with Crippen molar-refractivity contribution in [3.05, 3.63) is 55.9 Å². The van der Waals surface area contributed by atoms with Gasteiger partial charge in [-0.25, -0.2) is 18.7 Å². The Morgan fingerprint density at radius 1 is 1.24 bits per heavy atom. The number of aliphatic hydroxyl groups excluding tert-OH is 1. The Morgan fingerprint density at radius 2 is 1.93 bits per heavy atom. The van der Waals surface area contributed by atoms with E-state index in [0.717, 1.165) is 6.07 Å². The molecule has 0 bridgehead atoms. The van der Waals surface area contributed by atoms with E-state index in [1.807, 2.05) is 41.9 Å². The summed E-state index contributed by atoms with van der Waals surface area (Å²) >= 11 is 7.55. The van der Waals surface area contributed by atoms with Crippen molar-refractivity contribution < 1.29 is 27.9 Å². The largest absolute Gasteiger partial charge is 0.391 e. The molecule has 0 saturated carbocycles. The summed E-state index contributed by atoms with van der Waals surface area (Å²) in [7, 11) is 0. The van der Waals surface area contributed by atoms with Crippen LogP contribution in [0.25, 0.3) is 0 Å². The Hall–Kier alpha value is -1.56. The molecule has 158 valence electrons. The van der Waals surface area contributed by atoms with E-state index in [4.69, 9.17) is 16.4 Å². The first-order valence-corrected chi connectivity index (χ1v) is 10.1. The fourth-order valence-corrected chi connectivity index (χ4v) is 3.14. The predicted octanol–water partition coefficient (Wildman–Crippen LogP) is 5.17. The van der Waals surface area contributed by atoms with Gasteiger partial charge >= 0.3 is 0 Å². The minimum atomic E-state index is -1.44. The maximum atomic E-state index is 14.5. The van der Waals surface area contributed by atoms with Crippen LogP contribution < -0.4 is 10.8 Å². The summed E-state index contributed by atoms with van der Waals surface area (Å²) in [5, 5.41) is 11.5. The molecule has 5 nitrogen and oxygen atoms in total. The first-order chi connectivity index (χ1) is 13.6. The van der Waals surface area contributed by atoms with E-state index in [2.05, 4.69) is 5.32 Å². The van der Waals surface area contributed by atoms with Crippen LogP contribution in [-0.2, 0) is 4.84 Å². The molecule has 29 heavy (non-hydrogen) atoms. The van der Waals surface area contributed by atoms with Crippen molar-refractivity contribution in [1.29, 1.82) is 0 Å². The highest BCUT2D eigenvalue weighted by molar-refractivity contribution is 14.1. The van der Waals surface area contributed by atoms with Gasteiger partial charge in [-0.15, -0.1) is 0 Å². The van der Waals surface area contributed by atoms with Crippen LogP contribution in [0, 0.1) is 26.9 Å². The van der Waals surface area contributed by atoms with Crippen molar-refractivity contribution in [2.45, 2.75) is 26.4 Å². The zero-order valence-corrected chi connectivity index (χ0v) is 18.4. The molecule has 0 aliphatic rings. The fourth-order valence-electron chi connectivity index (χ4n) is 2.49. The predicted molar refractivity (Wildman–Crippen MR) is 113 cm³/mol. The van der Waals surface area contributed by atoms with Gasteiger partial charge in [0.05, 0.1) is 28.1 Å². The van der Waals surface area contributed by atoms with Crippen LogP contribution in [-0.4, -0.2) is 23.7 Å². The Labute approximate surface area is 184 Å². The first kappa shape index (κ1) is 23.7. The van der Waals surface area contributed by atoms with Gasteiger partial charge in [0.15, 0.2) is 11.6 Å². The summed E-state index contributed by atoms with van der Waals surface area (Å²) in [4.78, 5) is 17.4. The molecule has 0 radical (unpaired) electrons. The summed E-state index contributed by atoms with van der Waals surface area (Å²) < 4.78 is 43.1. The van der Waals surface area contributed by atoms with Crippen LogP contribution in [0.3, 0.4) is 0 Å². The molecule has 0 fully saturated rings. The Morgan fingerprint density at radius 3 is 2.55 bits per heavy atom. The zero-order valence-electron chi connectivity index (χ0n) is 15.5. The van der Waals surface area contributed by atoms with Gasteiger partial charge in [-0.1, -0.05) is 25.4 Å². The van der Waals surface area contributed by atoms with E-state index in [0.29, 0.717) is 9.99 Å². The van der Waals surface area contributed by atoms with E-state index >= 15 is 0 Å². The summed E-state index contributed by atoms with van der Waals surface area (Å²) in [5.74, 6) is -4.28. The number of rotatable bonds is 8. The molecule has 1 unspecified atom stereocenters. The molecule has 1 amide bonds. The summed E-state index contributed by atoms with van der Waals surface area (Å²) in [6.45, 7) is 3.62. The molecule has 0 aliphatic heterocycles. The molecule has 0 aliphatic carbocycles. The maximum Gasteiger partial charge on any atom is 0.277 e. The molecule has 0 aromatic heterocycles. The minimum Gasteiger partial charge on any atom is -0.391 e. The second-order valence-corrected chi connectivity index (χ2v) is 8.34. The normalized spacial score (nSPS) is 12.2. The van der Waals surface area contributed by atoms with Crippen LogP contribution in [0.5, 0.6) is 0 Å². The van der Waals surface area contributed by atoms with Crippen molar-refractivity contribution in [3.8, 4) is 0 Å². The average molecular weight is 543 g/mol. The number of carbonyl (C=O) groups excluding carboxylic acids is 1. The Kier molecular flexibility index (Phi) is 8.56. The number of halogens is 5. The lowest BCUT2D eigenvalue weighted by atomic mass is 10.1. The zero-order chi connectivity index (χ0) is 21.7. The topological polar surface area (TPSA) is 70.6 Å². The molecule has 0 spiro atoms. The number of amides is 1. The monoisotopic (exact) mass is 542 g/mol. The van der Waals surface area contributed by atoms with Gasteiger partial charge in [0, 0.05) is 3.57 Å². The number of hydroxylamine groups is 1. The second kappa shape index (κ2) is 10.5. The van der Waals surface area contributed by atoms with E-state index in [-0.39, 0.29) is 18.2 Å².